The smallest absolute Gasteiger partial charge is 0.406 e. The minimum atomic E-state index is -4.61. The van der Waals surface area contributed by atoms with Gasteiger partial charge in [0.05, 0.1) is 72.0 Å². The van der Waals surface area contributed by atoms with Gasteiger partial charge in [0.2, 0.25) is 11.8 Å². The first-order valence-corrected chi connectivity index (χ1v) is 32.3. The molecule has 15 rings (SSSR count). The number of cyclic esters (lactones) is 1. The Labute approximate surface area is 499 Å². The second-order valence-corrected chi connectivity index (χ2v) is 28.6. The number of nitrogens with zero attached hydrogens (tertiary/aromatic N) is 9. The molecule has 458 valence electrons. The second kappa shape index (κ2) is 22.1. The molecule has 8 aliphatic heterocycles. The lowest BCUT2D eigenvalue weighted by molar-refractivity contribution is -0.171. The van der Waals surface area contributed by atoms with Crippen LogP contribution in [0.5, 0.6) is 0 Å². The zero-order valence-electron chi connectivity index (χ0n) is 49.7. The number of hydrogen-bond acceptors (Lipinski definition) is 15. The van der Waals surface area contributed by atoms with E-state index in [0.717, 1.165) is 70.4 Å². The number of likely N-dealkylation sites (tertiary alicyclic amines) is 2. The monoisotopic (exact) mass is 1190 g/mol. The third kappa shape index (κ3) is 11.0. The van der Waals surface area contributed by atoms with Crippen LogP contribution in [0.2, 0.25) is 0 Å². The summed E-state index contributed by atoms with van der Waals surface area (Å²) in [6.45, 7) is 11.8. The Balaban J connectivity index is 0.805. The zero-order valence-corrected chi connectivity index (χ0v) is 50.5. The average molecular weight is 1190 g/mol. The largest absolute Gasteiger partial charge is 0.464 e. The Hall–Kier alpha value is -5.23. The number of rotatable bonds is 12. The van der Waals surface area contributed by atoms with Crippen LogP contribution in [0, 0.1) is 28.6 Å². The maximum atomic E-state index is 15.4. The fourth-order valence-corrected chi connectivity index (χ4v) is 17.0. The van der Waals surface area contributed by atoms with E-state index in [-0.39, 0.29) is 66.5 Å². The normalized spacial score (nSPS) is 31.0. The number of esters is 1. The van der Waals surface area contributed by atoms with Gasteiger partial charge < -0.3 is 33.9 Å². The topological polar surface area (TPSA) is 170 Å². The Bertz CT molecular complexity index is 3240. The maximum absolute atomic E-state index is 15.4. The van der Waals surface area contributed by atoms with Crippen LogP contribution < -0.4 is 15.6 Å². The number of pyridine rings is 1. The molecule has 0 radical (unpaired) electrons. The third-order valence-corrected chi connectivity index (χ3v) is 22.2. The van der Waals surface area contributed by atoms with Crippen molar-refractivity contribution in [2.24, 2.45) is 28.6 Å². The van der Waals surface area contributed by atoms with Gasteiger partial charge in [-0.15, -0.1) is 11.3 Å². The number of carbonyl (C=O) groups is 4. The summed E-state index contributed by atoms with van der Waals surface area (Å²) >= 11 is 1.37. The first kappa shape index (κ1) is 57.5. The van der Waals surface area contributed by atoms with Crippen molar-refractivity contribution in [3.8, 4) is 22.5 Å². The predicted octanol–water partition coefficient (Wildman–Crippen LogP) is 6.84. The Kier molecular flexibility index (Phi) is 15.0. The minimum absolute atomic E-state index is 0.0136. The SMILES string of the molecule is CO[C@@H](C)c1ncc(N2CCN(C3COC3)CC2)cc1-c1c2c3cc(ccc3n1CC(F)(F)F)-c1csc(n1)C[C@H](NC(=O)[C@H](C1CCCC1)N1CC[C@]3(CCN(C(=O)[C@H]4[C@@H](C5CC5)N4C)C3)C1)C(=O)N1N[C@H](C(=O)OCC(C)(C)C2)C2CC1C2. The van der Waals surface area contributed by atoms with Crippen molar-refractivity contribution >= 4 is 51.6 Å². The molecule has 3 amide bonds. The molecule has 8 atom stereocenters. The minimum Gasteiger partial charge on any atom is -0.464 e. The number of thiazole rings is 1. The molecule has 85 heavy (non-hydrogen) atoms. The number of amides is 3. The standard InChI is InChI=1S/C63H82F3N11O7S/c1-36(82-5)51-45(25-42(28-67-51)72-18-20-73(21-19-72)43-29-83-30-43)55-46-27-61(2,3)35-84-60(81)52-40-22-41(23-40)77(70-52)58(79)47(26-50-68-48(31-85-50)39-12-13-49(44(46)24-39)76(55)34-63(64,65)66)69-57(78)54(37-8-6-7-9-37)74-16-14-62(32-74)15-17-75(33-62)59(80)56-53(71(56)4)38-10-11-38/h12-13,24-25,28,31,36-38,40-41,43,47,52-54,56,70H,6-11,14-23,26-27,29-30,32-35H2,1-5H3,(H,69,78)/t36-,40?,41?,47-,52-,53+,54-,56+,62-,71?/m0/s1. The van der Waals surface area contributed by atoms with Gasteiger partial charge in [-0.05, 0) is 120 Å². The summed E-state index contributed by atoms with van der Waals surface area (Å²) in [6, 6.07) is 5.69. The molecule has 3 aliphatic carbocycles. The highest BCUT2D eigenvalue weighted by Gasteiger charge is 2.59. The lowest BCUT2D eigenvalue weighted by Gasteiger charge is -2.53. The van der Waals surface area contributed by atoms with Crippen LogP contribution in [0.4, 0.5) is 18.9 Å². The van der Waals surface area contributed by atoms with E-state index in [1.54, 1.807) is 24.4 Å². The van der Waals surface area contributed by atoms with Gasteiger partial charge in [-0.3, -0.25) is 43.9 Å². The van der Waals surface area contributed by atoms with Gasteiger partial charge in [0.25, 0.3) is 5.91 Å². The van der Waals surface area contributed by atoms with E-state index in [4.69, 9.17) is 24.2 Å². The summed E-state index contributed by atoms with van der Waals surface area (Å²) < 4.78 is 64.9. The number of nitrogens with one attached hydrogen (secondary N) is 2. The Morgan fingerprint density at radius 3 is 2.45 bits per heavy atom. The summed E-state index contributed by atoms with van der Waals surface area (Å²) in [4.78, 5) is 80.7. The third-order valence-electron chi connectivity index (χ3n) is 21.3. The van der Waals surface area contributed by atoms with Crippen LogP contribution in [-0.2, 0) is 52.8 Å². The Morgan fingerprint density at radius 1 is 0.965 bits per heavy atom. The van der Waals surface area contributed by atoms with Gasteiger partial charge in [0, 0.05) is 110 Å². The molecule has 1 spiro atoms. The molecular formula is C63H82F3N11O7S. The van der Waals surface area contributed by atoms with E-state index < -0.39 is 48.3 Å². The van der Waals surface area contributed by atoms with Gasteiger partial charge in [-0.25, -0.2) is 10.4 Å². The molecule has 11 aliphatic rings. The summed E-state index contributed by atoms with van der Waals surface area (Å²) in [5.74, 6) is -0.121. The molecule has 4 aromatic rings. The van der Waals surface area contributed by atoms with Crippen molar-refractivity contribution in [3.63, 3.8) is 0 Å². The van der Waals surface area contributed by atoms with E-state index in [0.29, 0.717) is 120 Å². The fourth-order valence-electron chi connectivity index (χ4n) is 16.2. The van der Waals surface area contributed by atoms with Gasteiger partial charge in [0.15, 0.2) is 0 Å². The summed E-state index contributed by atoms with van der Waals surface area (Å²) in [6.07, 6.45) is 6.19. The van der Waals surface area contributed by atoms with Gasteiger partial charge in [0.1, 0.15) is 24.7 Å². The highest BCUT2D eigenvalue weighted by molar-refractivity contribution is 7.10. The first-order chi connectivity index (χ1) is 40.8. The molecule has 7 saturated heterocycles. The number of likely N-dealkylation sites (N-methyl/N-ethyl adjacent to an activating group) is 1. The number of halogens is 3. The zero-order chi connectivity index (χ0) is 58.8. The van der Waals surface area contributed by atoms with Crippen molar-refractivity contribution in [2.45, 2.75) is 159 Å². The summed E-state index contributed by atoms with van der Waals surface area (Å²) in [5.41, 5.74) is 6.93. The lowest BCUT2D eigenvalue weighted by Crippen LogP contribution is -2.72. The molecule has 1 unspecified atom stereocenters. The van der Waals surface area contributed by atoms with Crippen LogP contribution >= 0.6 is 11.3 Å². The van der Waals surface area contributed by atoms with Crippen LogP contribution in [0.25, 0.3) is 33.4 Å². The number of hydrogen-bond donors (Lipinski definition) is 2. The van der Waals surface area contributed by atoms with E-state index in [1.165, 1.54) is 28.7 Å². The fraction of sp³-hybridized carbons (Fsp3) is 0.683. The number of carbonyl (C=O) groups excluding carboxylic acids is 4. The molecule has 3 aromatic heterocycles. The average Bonchev–Trinajstić information content (AvgIpc) is 1.75. The van der Waals surface area contributed by atoms with E-state index in [9.17, 15) is 9.59 Å². The van der Waals surface area contributed by atoms with Crippen molar-refractivity contribution in [1.82, 2.24) is 49.9 Å². The molecule has 3 saturated carbocycles. The molecule has 22 heteroatoms. The summed E-state index contributed by atoms with van der Waals surface area (Å²) in [7, 11) is 3.65. The van der Waals surface area contributed by atoms with E-state index >= 15 is 22.8 Å². The molecule has 2 N–H and O–H groups in total. The van der Waals surface area contributed by atoms with Crippen molar-refractivity contribution < 1.29 is 46.6 Å². The number of anilines is 1. The summed E-state index contributed by atoms with van der Waals surface area (Å²) in [5, 5.41) is 8.02. The van der Waals surface area contributed by atoms with Crippen molar-refractivity contribution in [1.29, 1.82) is 0 Å². The molecule has 10 fully saturated rings. The number of aromatic nitrogens is 3. The predicted molar refractivity (Wildman–Crippen MR) is 314 cm³/mol. The van der Waals surface area contributed by atoms with E-state index in [1.807, 2.05) is 44.4 Å². The number of methoxy groups -OCH3 is 1. The number of fused-ring (bicyclic) bond motifs is 4. The molecule has 8 bridgehead atoms. The van der Waals surface area contributed by atoms with Crippen molar-refractivity contribution in [3.05, 3.63) is 52.1 Å². The second-order valence-electron chi connectivity index (χ2n) is 27.7. The maximum Gasteiger partial charge on any atom is 0.406 e. The van der Waals surface area contributed by atoms with Gasteiger partial charge in [-0.1, -0.05) is 32.8 Å². The number of alkyl halides is 3. The van der Waals surface area contributed by atoms with Crippen LogP contribution in [0.15, 0.2) is 35.8 Å². The molecular weight excluding hydrogens is 1110 g/mol. The van der Waals surface area contributed by atoms with Crippen LogP contribution in [-0.4, -0.2) is 198 Å². The van der Waals surface area contributed by atoms with Crippen molar-refractivity contribution in [2.75, 3.05) is 91.2 Å². The van der Waals surface area contributed by atoms with Gasteiger partial charge in [-0.2, -0.15) is 13.2 Å². The highest BCUT2D eigenvalue weighted by atomic mass is 32.1. The first-order valence-electron chi connectivity index (χ1n) is 31.4. The van der Waals surface area contributed by atoms with Crippen LogP contribution in [0.3, 0.4) is 0 Å². The molecule has 1 aromatic carbocycles. The Morgan fingerprint density at radius 2 is 1.73 bits per heavy atom. The quantitative estimate of drug-likeness (QED) is 0.112. The number of piperazine rings is 1. The van der Waals surface area contributed by atoms with Crippen LogP contribution in [0.1, 0.15) is 107 Å². The van der Waals surface area contributed by atoms with E-state index in [2.05, 4.69) is 42.3 Å². The highest BCUT2D eigenvalue weighted by Crippen LogP contribution is 2.50. The lowest BCUT2D eigenvalue weighted by atomic mass is 9.73. The molecule has 11 heterocycles. The number of benzene rings is 1. The van der Waals surface area contributed by atoms with Gasteiger partial charge >= 0.3 is 12.1 Å². The number of ether oxygens (including phenoxy) is 3. The number of hydrazine groups is 1. The molecule has 18 nitrogen and oxygen atoms in total.